The van der Waals surface area contributed by atoms with Crippen molar-refractivity contribution in [1.29, 1.82) is 0 Å². The van der Waals surface area contributed by atoms with E-state index in [1.54, 1.807) is 0 Å². The maximum absolute atomic E-state index is 7.57. The van der Waals surface area contributed by atoms with Crippen molar-refractivity contribution < 1.29 is 10.4 Å². The van der Waals surface area contributed by atoms with Crippen LogP contribution in [-0.2, 0) is 0 Å². The zero-order valence-corrected chi connectivity index (χ0v) is 3.39. The molecule has 0 saturated heterocycles. The molecule has 2 N–H and O–H groups in total. The minimum absolute atomic E-state index is 0.146. The van der Waals surface area contributed by atoms with Crippen molar-refractivity contribution in [3.05, 3.63) is 0 Å². The van der Waals surface area contributed by atoms with E-state index in [4.69, 9.17) is 10.4 Å². The summed E-state index contributed by atoms with van der Waals surface area (Å²) in [6.07, 6.45) is 0. The van der Waals surface area contributed by atoms with E-state index >= 15 is 0 Å². The molecule has 0 aliphatic heterocycles. The fourth-order valence-electron chi connectivity index (χ4n) is 0.0849. The third-order valence-corrected chi connectivity index (χ3v) is 0.253. The Morgan fingerprint density at radius 3 is 1.71 bits per heavy atom. The Bertz CT molecular complexity index is 67.8. The Morgan fingerprint density at radius 2 is 1.43 bits per heavy atom. The summed E-state index contributed by atoms with van der Waals surface area (Å²) >= 11 is 0. The molecule has 0 bridgehead atoms. The summed E-state index contributed by atoms with van der Waals surface area (Å²) in [5, 5.41) is 25.6. The molecule has 0 aromatic carbocycles. The van der Waals surface area contributed by atoms with Crippen molar-refractivity contribution in [1.82, 2.24) is 0 Å². The van der Waals surface area contributed by atoms with Crippen molar-refractivity contribution in [3.8, 4) is 0 Å². The van der Waals surface area contributed by atoms with E-state index < -0.39 is 0 Å². The molecule has 0 aromatic rings. The lowest BCUT2D eigenvalue weighted by Crippen LogP contribution is -1.65. The summed E-state index contributed by atoms with van der Waals surface area (Å²) in [6.45, 7) is -0.146. The van der Waals surface area contributed by atoms with Crippen LogP contribution in [0.3, 0.4) is 0 Å². The topological polar surface area (TPSA) is 89.9 Å². The van der Waals surface area contributed by atoms with Gasteiger partial charge in [-0.05, 0) is 0 Å². The van der Waals surface area contributed by atoms with Gasteiger partial charge in [0.15, 0.2) is 6.67 Å². The Balaban J connectivity index is 2.98. The highest BCUT2D eigenvalue weighted by Gasteiger charge is 1.66. The molecule has 40 valence electrons. The van der Waals surface area contributed by atoms with E-state index in [-0.39, 0.29) is 6.67 Å². The summed E-state index contributed by atoms with van der Waals surface area (Å²) in [5.41, 5.74) is 0. The molecule has 0 fully saturated rings. The standard InChI is InChI=1S/CH4N4O2/c6-4-2-1-3-5-7/h1H2,(H,2,6)(H,3,7). The molecule has 0 radical (unpaired) electrons. The van der Waals surface area contributed by atoms with E-state index in [9.17, 15) is 0 Å². The molecule has 0 amide bonds. The van der Waals surface area contributed by atoms with Gasteiger partial charge >= 0.3 is 0 Å². The average molecular weight is 104 g/mol. The van der Waals surface area contributed by atoms with Crippen LogP contribution in [0, 0.1) is 0 Å². The van der Waals surface area contributed by atoms with Gasteiger partial charge in [-0.15, -0.1) is 10.2 Å². The quantitative estimate of drug-likeness (QED) is 0.397. The fraction of sp³-hybridized carbons (Fsp3) is 1.00. The van der Waals surface area contributed by atoms with Crippen molar-refractivity contribution in [2.75, 3.05) is 6.67 Å². The molecule has 0 saturated carbocycles. The maximum atomic E-state index is 7.57. The first kappa shape index (κ1) is 5.80. The van der Waals surface area contributed by atoms with Gasteiger partial charge in [0, 0.05) is 10.6 Å². The number of rotatable bonds is 2. The van der Waals surface area contributed by atoms with Crippen LogP contribution in [0.25, 0.3) is 0 Å². The Kier molecular flexibility index (Phi) is 3.98. The van der Waals surface area contributed by atoms with Gasteiger partial charge in [-0.2, -0.15) is 0 Å². The average Bonchev–Trinajstić information content (AvgIpc) is 1.69. The van der Waals surface area contributed by atoms with Crippen LogP contribution in [0.2, 0.25) is 0 Å². The van der Waals surface area contributed by atoms with Crippen molar-refractivity contribution in [2.24, 2.45) is 20.8 Å². The first-order chi connectivity index (χ1) is 3.41. The second-order valence-electron chi connectivity index (χ2n) is 0.603. The van der Waals surface area contributed by atoms with Gasteiger partial charge in [-0.3, -0.25) is 0 Å². The van der Waals surface area contributed by atoms with E-state index in [1.807, 2.05) is 0 Å². The van der Waals surface area contributed by atoms with E-state index in [0.717, 1.165) is 0 Å². The van der Waals surface area contributed by atoms with Gasteiger partial charge < -0.3 is 10.4 Å². The van der Waals surface area contributed by atoms with Gasteiger partial charge in [0.25, 0.3) is 0 Å². The molecule has 6 heteroatoms. The lowest BCUT2D eigenvalue weighted by atomic mass is 11.2. The summed E-state index contributed by atoms with van der Waals surface area (Å²) in [5.74, 6) is 0. The molecule has 0 rings (SSSR count). The first-order valence-electron chi connectivity index (χ1n) is 1.43. The normalized spacial score (nSPS) is 11.4. The highest BCUT2D eigenvalue weighted by atomic mass is 16.5. The monoisotopic (exact) mass is 104 g/mol. The van der Waals surface area contributed by atoms with Gasteiger partial charge in [0.1, 0.15) is 0 Å². The second kappa shape index (κ2) is 4.80. The van der Waals surface area contributed by atoms with Gasteiger partial charge in [0.05, 0.1) is 0 Å². The van der Waals surface area contributed by atoms with Crippen molar-refractivity contribution >= 4 is 0 Å². The zero-order valence-electron chi connectivity index (χ0n) is 3.39. The van der Waals surface area contributed by atoms with E-state index in [0.29, 0.717) is 0 Å². The predicted octanol–water partition coefficient (Wildman–Crippen LogP) is 0.627. The summed E-state index contributed by atoms with van der Waals surface area (Å²) in [4.78, 5) is 0. The molecule has 7 heavy (non-hydrogen) atoms. The Hall–Kier alpha value is -1.20. The third-order valence-electron chi connectivity index (χ3n) is 0.253. The Morgan fingerprint density at radius 1 is 1.00 bits per heavy atom. The second-order valence-corrected chi connectivity index (χ2v) is 0.603. The summed E-state index contributed by atoms with van der Waals surface area (Å²) < 4.78 is 0. The van der Waals surface area contributed by atoms with Crippen LogP contribution in [0.4, 0.5) is 0 Å². The molecule has 0 aromatic heterocycles. The minimum atomic E-state index is -0.146. The lowest BCUT2D eigenvalue weighted by Gasteiger charge is -1.71. The van der Waals surface area contributed by atoms with Crippen LogP contribution in [0.1, 0.15) is 0 Å². The van der Waals surface area contributed by atoms with Crippen molar-refractivity contribution in [3.63, 3.8) is 0 Å². The SMILES string of the molecule is ON=NCN=NO. The lowest BCUT2D eigenvalue weighted by molar-refractivity contribution is 0.267. The molecule has 0 aliphatic carbocycles. The van der Waals surface area contributed by atoms with Gasteiger partial charge in [-0.1, -0.05) is 0 Å². The fourth-order valence-corrected chi connectivity index (χ4v) is 0.0849. The highest BCUT2D eigenvalue weighted by molar-refractivity contribution is 4.18. The van der Waals surface area contributed by atoms with Gasteiger partial charge in [0.2, 0.25) is 0 Å². The molecular weight excluding hydrogens is 100 g/mol. The summed E-state index contributed by atoms with van der Waals surface area (Å²) in [6, 6.07) is 0. The highest BCUT2D eigenvalue weighted by Crippen LogP contribution is 1.72. The third kappa shape index (κ3) is 4.80. The molecule has 0 unspecified atom stereocenters. The predicted molar refractivity (Wildman–Crippen MR) is 18.2 cm³/mol. The van der Waals surface area contributed by atoms with E-state index in [1.165, 1.54) is 0 Å². The van der Waals surface area contributed by atoms with E-state index in [2.05, 4.69) is 20.8 Å². The minimum Gasteiger partial charge on any atom is -0.395 e. The largest absolute Gasteiger partial charge is 0.395 e. The Labute approximate surface area is 39.1 Å². The smallest absolute Gasteiger partial charge is 0.178 e. The molecular formula is CH4N4O2. The number of nitrogens with zero attached hydrogens (tertiary/aromatic N) is 4. The summed E-state index contributed by atoms with van der Waals surface area (Å²) in [7, 11) is 0. The molecule has 0 heterocycles. The molecule has 0 atom stereocenters. The molecule has 6 nitrogen and oxygen atoms in total. The van der Waals surface area contributed by atoms with Crippen LogP contribution >= 0.6 is 0 Å². The van der Waals surface area contributed by atoms with Crippen LogP contribution < -0.4 is 0 Å². The molecule has 0 spiro atoms. The van der Waals surface area contributed by atoms with Crippen LogP contribution in [-0.4, -0.2) is 17.1 Å². The number of hydrogen-bond donors (Lipinski definition) is 2. The van der Waals surface area contributed by atoms with Gasteiger partial charge in [-0.25, -0.2) is 0 Å². The van der Waals surface area contributed by atoms with Crippen LogP contribution in [0.5, 0.6) is 0 Å². The molecule has 0 aliphatic rings. The first-order valence-corrected chi connectivity index (χ1v) is 1.43. The maximum Gasteiger partial charge on any atom is 0.178 e. The number of hydrogen-bond acceptors (Lipinski definition) is 4. The van der Waals surface area contributed by atoms with Crippen LogP contribution in [0.15, 0.2) is 20.8 Å². The van der Waals surface area contributed by atoms with Crippen molar-refractivity contribution in [2.45, 2.75) is 0 Å². The zero-order chi connectivity index (χ0) is 5.54.